The Kier molecular flexibility index (Phi) is 3.71. The molecule has 1 aliphatic heterocycles. The monoisotopic (exact) mass is 336 g/mol. The molecule has 2 aromatic carbocycles. The molecule has 4 rings (SSSR count). The first-order chi connectivity index (χ1) is 12.1. The molecule has 128 valence electrons. The summed E-state index contributed by atoms with van der Waals surface area (Å²) in [6, 6.07) is 12.1. The Morgan fingerprint density at radius 3 is 2.32 bits per heavy atom. The Morgan fingerprint density at radius 1 is 0.920 bits per heavy atom. The Hall–Kier alpha value is -2.82. The molecule has 0 aliphatic carbocycles. The van der Waals surface area contributed by atoms with Crippen molar-refractivity contribution in [3.05, 3.63) is 47.7 Å². The van der Waals surface area contributed by atoms with E-state index in [-0.39, 0.29) is 11.8 Å². The molecule has 2 heterocycles. The summed E-state index contributed by atoms with van der Waals surface area (Å²) < 4.78 is 6.03. The summed E-state index contributed by atoms with van der Waals surface area (Å²) in [4.78, 5) is 27.9. The molecule has 3 aromatic rings. The first-order valence-electron chi connectivity index (χ1n) is 8.52. The van der Waals surface area contributed by atoms with Gasteiger partial charge in [-0.3, -0.25) is 9.59 Å². The van der Waals surface area contributed by atoms with Crippen molar-refractivity contribution in [1.29, 1.82) is 0 Å². The van der Waals surface area contributed by atoms with Gasteiger partial charge in [0.25, 0.3) is 5.91 Å². The van der Waals surface area contributed by atoms with Gasteiger partial charge < -0.3 is 14.2 Å². The average Bonchev–Trinajstić information content (AvgIpc) is 2.98. The van der Waals surface area contributed by atoms with E-state index >= 15 is 0 Å². The molecule has 1 aliphatic rings. The van der Waals surface area contributed by atoms with Crippen LogP contribution in [0.3, 0.4) is 0 Å². The lowest BCUT2D eigenvalue weighted by Gasteiger charge is -2.33. The molecule has 1 fully saturated rings. The number of carbonyl (C=O) groups excluding carboxylic acids is 2. The lowest BCUT2D eigenvalue weighted by Crippen LogP contribution is -2.50. The quantitative estimate of drug-likeness (QED) is 0.686. The maximum absolute atomic E-state index is 12.9. The summed E-state index contributed by atoms with van der Waals surface area (Å²) in [5, 5.41) is 3.09. The van der Waals surface area contributed by atoms with Gasteiger partial charge in [0, 0.05) is 49.4 Å². The number of hydrogen-bond donors (Lipinski definition) is 0. The van der Waals surface area contributed by atoms with Crippen molar-refractivity contribution in [2.75, 3.05) is 26.2 Å². The van der Waals surface area contributed by atoms with E-state index in [4.69, 9.17) is 4.42 Å². The molecule has 0 saturated carbocycles. The average molecular weight is 336 g/mol. The fourth-order valence-electron chi connectivity index (χ4n) is 3.52. The predicted octanol–water partition coefficient (Wildman–Crippen LogP) is 3.20. The second kappa shape index (κ2) is 5.92. The second-order valence-electron chi connectivity index (χ2n) is 6.52. The summed E-state index contributed by atoms with van der Waals surface area (Å²) >= 11 is 0. The molecule has 2 amide bonds. The lowest BCUT2D eigenvalue weighted by atomic mass is 10.1. The Balaban J connectivity index is 1.70. The van der Waals surface area contributed by atoms with Crippen molar-refractivity contribution in [1.82, 2.24) is 9.80 Å². The van der Waals surface area contributed by atoms with Crippen molar-refractivity contribution in [2.45, 2.75) is 13.8 Å². The number of rotatable bonds is 1. The minimum absolute atomic E-state index is 0.0542. The Bertz CT molecular complexity index is 981. The SMILES string of the molecule is CC(=O)N1CCN(C(=O)c2oc3c(ccc4ccccc43)c2C)CC1. The van der Waals surface area contributed by atoms with Crippen LogP contribution in [0.25, 0.3) is 21.7 Å². The van der Waals surface area contributed by atoms with Crippen LogP contribution < -0.4 is 0 Å². The van der Waals surface area contributed by atoms with Crippen LogP contribution >= 0.6 is 0 Å². The topological polar surface area (TPSA) is 53.8 Å². The number of nitrogens with zero attached hydrogens (tertiary/aromatic N) is 2. The van der Waals surface area contributed by atoms with E-state index in [1.54, 1.807) is 16.7 Å². The van der Waals surface area contributed by atoms with Gasteiger partial charge in [0.05, 0.1) is 0 Å². The van der Waals surface area contributed by atoms with E-state index in [0.717, 1.165) is 27.3 Å². The summed E-state index contributed by atoms with van der Waals surface area (Å²) in [6.07, 6.45) is 0. The molecule has 0 atom stereocenters. The third-order valence-electron chi connectivity index (χ3n) is 5.03. The number of aryl methyl sites for hydroxylation is 1. The van der Waals surface area contributed by atoms with Crippen LogP contribution in [0, 0.1) is 6.92 Å². The summed E-state index contributed by atoms with van der Waals surface area (Å²) in [5.74, 6) is 0.363. The predicted molar refractivity (Wildman–Crippen MR) is 96.6 cm³/mol. The number of amides is 2. The molecule has 0 bridgehead atoms. The van der Waals surface area contributed by atoms with E-state index in [0.29, 0.717) is 31.9 Å². The maximum Gasteiger partial charge on any atom is 0.290 e. The molecule has 5 heteroatoms. The summed E-state index contributed by atoms with van der Waals surface area (Å²) in [5.41, 5.74) is 1.64. The summed E-state index contributed by atoms with van der Waals surface area (Å²) in [7, 11) is 0. The molecule has 1 saturated heterocycles. The molecule has 1 aromatic heterocycles. The van der Waals surface area contributed by atoms with Gasteiger partial charge in [-0.2, -0.15) is 0 Å². The maximum atomic E-state index is 12.9. The van der Waals surface area contributed by atoms with Crippen LogP contribution in [0.15, 0.2) is 40.8 Å². The number of hydrogen-bond acceptors (Lipinski definition) is 3. The number of piperazine rings is 1. The zero-order chi connectivity index (χ0) is 17.6. The first kappa shape index (κ1) is 15.7. The van der Waals surface area contributed by atoms with E-state index in [1.165, 1.54) is 0 Å². The van der Waals surface area contributed by atoms with Crippen LogP contribution in [-0.2, 0) is 4.79 Å². The molecule has 5 nitrogen and oxygen atoms in total. The standard InChI is InChI=1S/C20H20N2O3/c1-13-16-8-7-15-5-3-4-6-17(15)19(16)25-18(13)20(24)22-11-9-21(10-12-22)14(2)23/h3-8H,9-12H2,1-2H3. The van der Waals surface area contributed by atoms with Crippen LogP contribution in [-0.4, -0.2) is 47.8 Å². The number of benzene rings is 2. The minimum Gasteiger partial charge on any atom is -0.450 e. The van der Waals surface area contributed by atoms with Gasteiger partial charge in [-0.1, -0.05) is 36.4 Å². The van der Waals surface area contributed by atoms with Crippen LogP contribution in [0.5, 0.6) is 0 Å². The number of carbonyl (C=O) groups is 2. The molecule has 0 spiro atoms. The zero-order valence-corrected chi connectivity index (χ0v) is 14.4. The van der Waals surface area contributed by atoms with Gasteiger partial charge in [0.15, 0.2) is 5.76 Å². The molecule has 0 unspecified atom stereocenters. The Morgan fingerprint density at radius 2 is 1.60 bits per heavy atom. The van der Waals surface area contributed by atoms with E-state index in [2.05, 4.69) is 6.07 Å². The van der Waals surface area contributed by atoms with Crippen LogP contribution in [0.4, 0.5) is 0 Å². The highest BCUT2D eigenvalue weighted by molar-refractivity contribution is 6.08. The molecule has 25 heavy (non-hydrogen) atoms. The van der Waals surface area contributed by atoms with Gasteiger partial charge in [0.1, 0.15) is 5.58 Å². The van der Waals surface area contributed by atoms with E-state index in [1.807, 2.05) is 37.3 Å². The smallest absolute Gasteiger partial charge is 0.290 e. The highest BCUT2D eigenvalue weighted by Crippen LogP contribution is 2.32. The normalized spacial score (nSPS) is 15.1. The minimum atomic E-state index is -0.0963. The van der Waals surface area contributed by atoms with Gasteiger partial charge in [-0.25, -0.2) is 0 Å². The van der Waals surface area contributed by atoms with Crippen molar-refractivity contribution in [3.8, 4) is 0 Å². The third-order valence-corrected chi connectivity index (χ3v) is 5.03. The largest absolute Gasteiger partial charge is 0.450 e. The van der Waals surface area contributed by atoms with Gasteiger partial charge in [0.2, 0.25) is 5.91 Å². The first-order valence-corrected chi connectivity index (χ1v) is 8.52. The van der Waals surface area contributed by atoms with Crippen molar-refractivity contribution in [3.63, 3.8) is 0 Å². The molecule has 0 radical (unpaired) electrons. The molecule has 0 N–H and O–H groups in total. The number of fused-ring (bicyclic) bond motifs is 3. The number of furan rings is 1. The molecular weight excluding hydrogens is 316 g/mol. The van der Waals surface area contributed by atoms with Crippen molar-refractivity contribution >= 4 is 33.6 Å². The second-order valence-corrected chi connectivity index (χ2v) is 6.52. The van der Waals surface area contributed by atoms with E-state index in [9.17, 15) is 9.59 Å². The van der Waals surface area contributed by atoms with Gasteiger partial charge in [-0.15, -0.1) is 0 Å². The van der Waals surface area contributed by atoms with Gasteiger partial charge >= 0.3 is 0 Å². The highest BCUT2D eigenvalue weighted by Gasteiger charge is 2.27. The van der Waals surface area contributed by atoms with Crippen LogP contribution in [0.2, 0.25) is 0 Å². The highest BCUT2D eigenvalue weighted by atomic mass is 16.3. The third kappa shape index (κ3) is 2.56. The van der Waals surface area contributed by atoms with Gasteiger partial charge in [-0.05, 0) is 12.3 Å². The van der Waals surface area contributed by atoms with Crippen LogP contribution in [0.1, 0.15) is 23.0 Å². The van der Waals surface area contributed by atoms with E-state index < -0.39 is 0 Å². The molecular formula is C20H20N2O3. The van der Waals surface area contributed by atoms with Crippen molar-refractivity contribution in [2.24, 2.45) is 0 Å². The Labute approximate surface area is 145 Å². The fourth-order valence-corrected chi connectivity index (χ4v) is 3.52. The fraction of sp³-hybridized carbons (Fsp3) is 0.300. The lowest BCUT2D eigenvalue weighted by molar-refractivity contribution is -0.130. The zero-order valence-electron chi connectivity index (χ0n) is 14.4. The summed E-state index contributed by atoms with van der Waals surface area (Å²) in [6.45, 7) is 5.71. The van der Waals surface area contributed by atoms with Crippen molar-refractivity contribution < 1.29 is 14.0 Å².